The minimum atomic E-state index is -1.52. The molecule has 2 aromatic carbocycles. The number of anilines is 1. The van der Waals surface area contributed by atoms with Gasteiger partial charge in [-0.05, 0) is 71.8 Å². The van der Waals surface area contributed by atoms with Gasteiger partial charge in [-0.15, -0.1) is 22.7 Å². The summed E-state index contributed by atoms with van der Waals surface area (Å²) in [6.07, 6.45) is 0. The van der Waals surface area contributed by atoms with Gasteiger partial charge in [0.2, 0.25) is 0 Å². The summed E-state index contributed by atoms with van der Waals surface area (Å²) in [6.45, 7) is -2.32. The maximum atomic E-state index is 11.2. The maximum Gasteiger partial charge on any atom is 1.00 e. The van der Waals surface area contributed by atoms with E-state index in [1.165, 1.54) is 23.5 Å². The van der Waals surface area contributed by atoms with Crippen molar-refractivity contribution < 1.29 is 246 Å². The summed E-state index contributed by atoms with van der Waals surface area (Å²) < 4.78 is 10.5. The van der Waals surface area contributed by atoms with Crippen molar-refractivity contribution in [1.82, 2.24) is 0 Å². The molecule has 4 aromatic rings. The number of carbonyl (C=O) groups excluding carboxylic acids is 3. The van der Waals surface area contributed by atoms with Gasteiger partial charge < -0.3 is 44.1 Å². The van der Waals surface area contributed by atoms with Crippen LogP contribution in [-0.2, 0) is 14.4 Å². The van der Waals surface area contributed by atoms with E-state index in [0.29, 0.717) is 5.56 Å². The molecule has 9 nitrogen and oxygen atoms in total. The fourth-order valence-electron chi connectivity index (χ4n) is 3.73. The molecule has 0 aliphatic heterocycles. The second-order valence-corrected chi connectivity index (χ2v) is 10.2. The third-order valence-corrected chi connectivity index (χ3v) is 7.86. The first-order valence-electron chi connectivity index (χ1n) is 11.2. The molecule has 14 heteroatoms. The van der Waals surface area contributed by atoms with Gasteiger partial charge in [0.25, 0.3) is 0 Å². The molecule has 0 N–H and O–H groups in total. The Balaban J connectivity index is 0.00000280. The van der Waals surface area contributed by atoms with Crippen LogP contribution in [0.3, 0.4) is 0 Å². The molecule has 0 aliphatic carbocycles. The predicted octanol–water partition coefficient (Wildman–Crippen LogP) is -7.73. The third kappa shape index (κ3) is 12.2. The summed E-state index contributed by atoms with van der Waals surface area (Å²) >= 11 is 3.14. The zero-order chi connectivity index (χ0) is 27.2. The first-order chi connectivity index (χ1) is 18.2. The Bertz CT molecular complexity index is 1460. The van der Waals surface area contributed by atoms with Crippen LogP contribution in [0.15, 0.2) is 66.7 Å². The molecule has 4 rings (SSSR count). The molecular weight excluding hydrogens is 929 g/mol. The fraction of sp³-hybridized carbons (Fsp3) is 0.148. The van der Waals surface area contributed by atoms with Crippen LogP contribution in [0.2, 0.25) is 0 Å². The second kappa shape index (κ2) is 20.1. The molecule has 0 unspecified atom stereocenters. The standard InChI is InChI=1S/C27H23NO8S2.3Cs/c1-35-18-5-2-16(3-6-18)21-8-10-23(37-21)24-11-9-22(38-24)17-4-7-19(20(12-17)36-15-27(33)34)28(13-25(29)30)14-26(31)32;;;/h2-12H,13-15H2,1H3,(H,29,30)(H,31,32)(H,33,34);;;/q;3*+1/p-3. The summed E-state index contributed by atoms with van der Waals surface area (Å²) in [5, 5.41) is 33.3. The van der Waals surface area contributed by atoms with Crippen molar-refractivity contribution >= 4 is 46.3 Å². The molecule has 0 aliphatic rings. The quantitative estimate of drug-likeness (QED) is 0.136. The maximum absolute atomic E-state index is 11.2. The van der Waals surface area contributed by atoms with E-state index in [2.05, 4.69) is 0 Å². The van der Waals surface area contributed by atoms with E-state index >= 15 is 0 Å². The van der Waals surface area contributed by atoms with E-state index in [1.807, 2.05) is 48.5 Å². The van der Waals surface area contributed by atoms with Gasteiger partial charge in [0.15, 0.2) is 0 Å². The third-order valence-electron chi connectivity index (χ3n) is 5.40. The first kappa shape index (κ1) is 40.8. The Morgan fingerprint density at radius 1 is 0.683 bits per heavy atom. The number of aliphatic carboxylic acids is 3. The van der Waals surface area contributed by atoms with Gasteiger partial charge in [0.1, 0.15) is 18.1 Å². The second-order valence-electron chi connectivity index (χ2n) is 8.00. The van der Waals surface area contributed by atoms with Gasteiger partial charge in [-0.3, -0.25) is 0 Å². The van der Waals surface area contributed by atoms with Gasteiger partial charge >= 0.3 is 207 Å². The molecule has 0 saturated heterocycles. The zero-order valence-electron chi connectivity index (χ0n) is 23.0. The fourth-order valence-corrected chi connectivity index (χ4v) is 5.83. The van der Waals surface area contributed by atoms with Gasteiger partial charge in [-0.1, -0.05) is 6.07 Å². The van der Waals surface area contributed by atoms with E-state index in [0.717, 1.165) is 35.7 Å². The van der Waals surface area contributed by atoms with Crippen molar-refractivity contribution in [2.45, 2.75) is 0 Å². The van der Waals surface area contributed by atoms with E-state index in [1.54, 1.807) is 24.5 Å². The predicted molar refractivity (Wildman–Crippen MR) is 138 cm³/mol. The number of carboxylic acids is 3. The summed E-state index contributed by atoms with van der Waals surface area (Å²) in [6, 6.07) is 20.4. The summed E-state index contributed by atoms with van der Waals surface area (Å²) in [5.74, 6) is -3.76. The van der Waals surface area contributed by atoms with Crippen LogP contribution in [0, 0.1) is 0 Å². The minimum absolute atomic E-state index is 0. The van der Waals surface area contributed by atoms with Crippen molar-refractivity contribution in [3.05, 3.63) is 66.7 Å². The molecule has 2 heterocycles. The molecule has 0 radical (unpaired) electrons. The van der Waals surface area contributed by atoms with Crippen LogP contribution in [0.4, 0.5) is 5.69 Å². The molecule has 0 saturated carbocycles. The van der Waals surface area contributed by atoms with Crippen LogP contribution in [0.1, 0.15) is 0 Å². The Morgan fingerprint density at radius 2 is 1.17 bits per heavy atom. The zero-order valence-corrected chi connectivity index (χ0v) is 43.5. The number of thiophene rings is 2. The molecule has 41 heavy (non-hydrogen) atoms. The van der Waals surface area contributed by atoms with Crippen LogP contribution >= 0.6 is 22.7 Å². The van der Waals surface area contributed by atoms with E-state index in [9.17, 15) is 29.7 Å². The summed E-state index contributed by atoms with van der Waals surface area (Å²) in [7, 11) is 1.62. The molecule has 0 spiro atoms. The van der Waals surface area contributed by atoms with Crippen LogP contribution in [-0.4, -0.2) is 44.7 Å². The van der Waals surface area contributed by atoms with Crippen molar-refractivity contribution in [1.29, 1.82) is 0 Å². The minimum Gasteiger partial charge on any atom is -0.548 e. The van der Waals surface area contributed by atoms with Crippen LogP contribution in [0.25, 0.3) is 30.6 Å². The van der Waals surface area contributed by atoms with Gasteiger partial charge in [0, 0.05) is 19.5 Å². The first-order valence-corrected chi connectivity index (χ1v) is 12.8. The Kier molecular flexibility index (Phi) is 20.0. The average Bonchev–Trinajstić information content (AvgIpc) is 3.57. The number of carboxylic acid groups (broad SMARTS) is 3. The molecule has 0 atom stereocenters. The number of hydrogen-bond acceptors (Lipinski definition) is 11. The number of benzene rings is 2. The smallest absolute Gasteiger partial charge is 0.548 e. The van der Waals surface area contributed by atoms with E-state index < -0.39 is 37.6 Å². The number of nitrogens with zero attached hydrogens (tertiary/aromatic N) is 1. The Morgan fingerprint density at radius 3 is 1.66 bits per heavy atom. The number of rotatable bonds is 12. The number of hydrogen-bond donors (Lipinski definition) is 0. The molecular formula is C27H20Cs3NO8S2. The van der Waals surface area contributed by atoms with Gasteiger partial charge in [0.05, 0.1) is 43.8 Å². The van der Waals surface area contributed by atoms with Crippen LogP contribution in [0.5, 0.6) is 11.5 Å². The molecule has 0 fully saturated rings. The van der Waals surface area contributed by atoms with Crippen molar-refractivity contribution in [3.8, 4) is 42.1 Å². The van der Waals surface area contributed by atoms with Crippen molar-refractivity contribution in [2.24, 2.45) is 0 Å². The molecule has 0 bridgehead atoms. The molecule has 0 amide bonds. The van der Waals surface area contributed by atoms with E-state index in [4.69, 9.17) is 9.47 Å². The number of ether oxygens (including phenoxy) is 2. The SMILES string of the molecule is COc1ccc(-c2ccc(-c3ccc(-c4ccc(N(CC(=O)[O-])CC(=O)[O-])c(OCC(=O)[O-])c4)s3)s2)cc1.[Cs+].[Cs+].[Cs+]. The Labute approximate surface area is 421 Å². The van der Waals surface area contributed by atoms with Crippen LogP contribution < -0.4 is 236 Å². The summed E-state index contributed by atoms with van der Waals surface area (Å²) in [5.41, 5.74) is 1.82. The monoisotopic (exact) mass is 949 g/mol. The van der Waals surface area contributed by atoms with Gasteiger partial charge in [-0.2, -0.15) is 0 Å². The Hall–Kier alpha value is 1.81. The number of carbonyl (C=O) groups is 3. The number of methoxy groups -OCH3 is 1. The van der Waals surface area contributed by atoms with Crippen molar-refractivity contribution in [3.63, 3.8) is 0 Å². The summed E-state index contributed by atoms with van der Waals surface area (Å²) in [4.78, 5) is 38.3. The normalized spacial score (nSPS) is 9.88. The molecule has 2 aromatic heterocycles. The van der Waals surface area contributed by atoms with E-state index in [-0.39, 0.29) is 218 Å². The van der Waals surface area contributed by atoms with Gasteiger partial charge in [-0.25, -0.2) is 0 Å². The largest absolute Gasteiger partial charge is 1.00 e. The average molecular weight is 949 g/mol. The topological polar surface area (TPSA) is 142 Å². The van der Waals surface area contributed by atoms with Crippen molar-refractivity contribution in [2.75, 3.05) is 31.7 Å². The molecule has 196 valence electrons.